The molecular formula is C14H13N5O5. The number of nitro groups is 1. The molecule has 3 N–H and O–H groups in total. The summed E-state index contributed by atoms with van der Waals surface area (Å²) in [5.41, 5.74) is 7.46. The van der Waals surface area contributed by atoms with Crippen LogP contribution in [0.5, 0.6) is 17.4 Å². The van der Waals surface area contributed by atoms with Crippen molar-refractivity contribution in [1.29, 1.82) is 0 Å². The van der Waals surface area contributed by atoms with Crippen LogP contribution in [0.15, 0.2) is 41.6 Å². The van der Waals surface area contributed by atoms with Crippen molar-refractivity contribution >= 4 is 17.9 Å². The van der Waals surface area contributed by atoms with E-state index in [4.69, 9.17) is 15.2 Å². The molecule has 24 heavy (non-hydrogen) atoms. The summed E-state index contributed by atoms with van der Waals surface area (Å²) in [4.78, 5) is 24.4. The first-order chi connectivity index (χ1) is 11.5. The van der Waals surface area contributed by atoms with Crippen LogP contribution in [-0.2, 0) is 0 Å². The third kappa shape index (κ3) is 4.40. The quantitative estimate of drug-likeness (QED) is 0.469. The van der Waals surface area contributed by atoms with E-state index in [-0.39, 0.29) is 11.6 Å². The molecule has 0 saturated heterocycles. The normalized spacial score (nSPS) is 10.4. The monoisotopic (exact) mass is 331 g/mol. The van der Waals surface area contributed by atoms with E-state index in [1.54, 1.807) is 18.2 Å². The van der Waals surface area contributed by atoms with Crippen molar-refractivity contribution in [3.63, 3.8) is 0 Å². The number of nitrogens with one attached hydrogen (secondary N) is 1. The van der Waals surface area contributed by atoms with E-state index in [1.807, 2.05) is 0 Å². The van der Waals surface area contributed by atoms with Gasteiger partial charge in [-0.25, -0.2) is 15.2 Å². The summed E-state index contributed by atoms with van der Waals surface area (Å²) in [5.74, 6) is 0.924. The number of rotatable bonds is 6. The lowest BCUT2D eigenvalue weighted by Crippen LogP contribution is -2.24. The molecule has 0 aliphatic carbocycles. The molecule has 1 aromatic carbocycles. The number of ether oxygens (including phenoxy) is 2. The van der Waals surface area contributed by atoms with Gasteiger partial charge in [0.2, 0.25) is 5.88 Å². The number of methoxy groups -OCH3 is 1. The third-order valence-corrected chi connectivity index (χ3v) is 2.72. The van der Waals surface area contributed by atoms with Crippen molar-refractivity contribution < 1.29 is 19.2 Å². The molecule has 124 valence electrons. The zero-order chi connectivity index (χ0) is 17.5. The molecular weight excluding hydrogens is 318 g/mol. The van der Waals surface area contributed by atoms with Crippen LogP contribution in [0.4, 0.5) is 10.5 Å². The van der Waals surface area contributed by atoms with E-state index < -0.39 is 11.0 Å². The van der Waals surface area contributed by atoms with E-state index in [0.29, 0.717) is 17.1 Å². The molecule has 0 atom stereocenters. The average Bonchev–Trinajstić information content (AvgIpc) is 2.56. The molecule has 0 saturated carbocycles. The highest BCUT2D eigenvalue weighted by Gasteiger charge is 2.10. The number of aromatic nitrogens is 1. The van der Waals surface area contributed by atoms with Crippen LogP contribution >= 0.6 is 0 Å². The number of nitrogens with two attached hydrogens (primary N) is 1. The first-order valence-corrected chi connectivity index (χ1v) is 6.54. The number of benzene rings is 1. The Bertz CT molecular complexity index is 776. The highest BCUT2D eigenvalue weighted by molar-refractivity contribution is 5.82. The van der Waals surface area contributed by atoms with Gasteiger partial charge in [0.25, 0.3) is 5.69 Å². The number of primary amides is 1. The lowest BCUT2D eigenvalue weighted by molar-refractivity contribution is -0.385. The van der Waals surface area contributed by atoms with Crippen molar-refractivity contribution in [3.05, 3.63) is 52.2 Å². The Labute approximate surface area is 136 Å². The second kappa shape index (κ2) is 7.54. The van der Waals surface area contributed by atoms with Gasteiger partial charge in [-0.3, -0.25) is 10.1 Å². The Hall–Kier alpha value is -3.69. The smallest absolute Gasteiger partial charge is 0.332 e. The van der Waals surface area contributed by atoms with Crippen molar-refractivity contribution in [2.75, 3.05) is 7.11 Å². The zero-order valence-electron chi connectivity index (χ0n) is 12.5. The fourth-order valence-corrected chi connectivity index (χ4v) is 1.67. The molecule has 0 radical (unpaired) electrons. The summed E-state index contributed by atoms with van der Waals surface area (Å²) >= 11 is 0. The number of carbonyl (C=O) groups is 1. The predicted molar refractivity (Wildman–Crippen MR) is 84.3 cm³/mol. The maximum Gasteiger partial charge on any atom is 0.332 e. The lowest BCUT2D eigenvalue weighted by atomic mass is 10.2. The highest BCUT2D eigenvalue weighted by Crippen LogP contribution is 2.31. The summed E-state index contributed by atoms with van der Waals surface area (Å²) in [6.45, 7) is 0. The number of nitrogens with zero attached hydrogens (tertiary/aromatic N) is 3. The number of hydrogen-bond donors (Lipinski definition) is 2. The minimum atomic E-state index is -0.776. The number of amides is 2. The minimum Gasteiger partial charge on any atom is -0.493 e. The molecule has 0 spiro atoms. The van der Waals surface area contributed by atoms with Gasteiger partial charge >= 0.3 is 6.03 Å². The summed E-state index contributed by atoms with van der Waals surface area (Å²) in [6.07, 6.45) is 2.47. The highest BCUT2D eigenvalue weighted by atomic mass is 16.6. The van der Waals surface area contributed by atoms with Gasteiger partial charge in [-0.2, -0.15) is 5.10 Å². The van der Waals surface area contributed by atoms with E-state index in [1.165, 1.54) is 25.5 Å². The molecule has 10 heteroatoms. The summed E-state index contributed by atoms with van der Waals surface area (Å²) in [5, 5.41) is 14.2. The Morgan fingerprint density at radius 3 is 2.75 bits per heavy atom. The molecule has 2 rings (SSSR count). The summed E-state index contributed by atoms with van der Waals surface area (Å²) in [6, 6.07) is 6.77. The first-order valence-electron chi connectivity index (χ1n) is 6.54. The number of pyridine rings is 1. The third-order valence-electron chi connectivity index (χ3n) is 2.72. The van der Waals surface area contributed by atoms with E-state index in [9.17, 15) is 14.9 Å². The van der Waals surface area contributed by atoms with Crippen molar-refractivity contribution in [2.24, 2.45) is 10.8 Å². The molecule has 0 aliphatic rings. The Morgan fingerprint density at radius 2 is 2.17 bits per heavy atom. The average molecular weight is 331 g/mol. The van der Waals surface area contributed by atoms with Gasteiger partial charge in [-0.15, -0.1) is 0 Å². The fraction of sp³-hybridized carbons (Fsp3) is 0.0714. The van der Waals surface area contributed by atoms with E-state index >= 15 is 0 Å². The van der Waals surface area contributed by atoms with Crippen LogP contribution in [0, 0.1) is 10.1 Å². The van der Waals surface area contributed by atoms with E-state index in [2.05, 4.69) is 15.5 Å². The minimum absolute atomic E-state index is 0.136. The van der Waals surface area contributed by atoms with Crippen molar-refractivity contribution in [2.45, 2.75) is 0 Å². The lowest BCUT2D eigenvalue weighted by Gasteiger charge is -2.10. The molecule has 1 aromatic heterocycles. The predicted octanol–water partition coefficient (Wildman–Crippen LogP) is 1.79. The van der Waals surface area contributed by atoms with Crippen molar-refractivity contribution in [1.82, 2.24) is 10.4 Å². The van der Waals surface area contributed by atoms with Gasteiger partial charge in [-0.05, 0) is 23.8 Å². The molecule has 2 amide bonds. The maximum absolute atomic E-state index is 10.6. The molecule has 2 aromatic rings. The standard InChI is InChI=1S/C14H13N5O5/c1-23-12-6-9(7-17-18-14(15)20)2-4-11(12)24-13-5-3-10(8-16-13)19(21)22/h2-8H,1H3,(H3,15,18,20)/b17-7+. The van der Waals surface area contributed by atoms with Gasteiger partial charge < -0.3 is 15.2 Å². The second-order valence-electron chi connectivity index (χ2n) is 4.36. The van der Waals surface area contributed by atoms with Crippen LogP contribution in [0.1, 0.15) is 5.56 Å². The van der Waals surface area contributed by atoms with Gasteiger partial charge in [-0.1, -0.05) is 0 Å². The molecule has 0 unspecified atom stereocenters. The van der Waals surface area contributed by atoms with E-state index in [0.717, 1.165) is 6.20 Å². The van der Waals surface area contributed by atoms with Gasteiger partial charge in [0.1, 0.15) is 6.20 Å². The van der Waals surface area contributed by atoms with Crippen LogP contribution in [0.2, 0.25) is 0 Å². The summed E-state index contributed by atoms with van der Waals surface area (Å²) in [7, 11) is 1.45. The molecule has 1 heterocycles. The van der Waals surface area contributed by atoms with Gasteiger partial charge in [0.05, 0.1) is 18.2 Å². The van der Waals surface area contributed by atoms with Gasteiger partial charge in [0, 0.05) is 12.1 Å². The molecule has 0 aliphatic heterocycles. The van der Waals surface area contributed by atoms with Crippen LogP contribution in [-0.4, -0.2) is 29.3 Å². The number of hydrogen-bond acceptors (Lipinski definition) is 7. The molecule has 0 bridgehead atoms. The largest absolute Gasteiger partial charge is 0.493 e. The number of hydrazone groups is 1. The van der Waals surface area contributed by atoms with Crippen LogP contribution in [0.25, 0.3) is 0 Å². The van der Waals surface area contributed by atoms with Gasteiger partial charge in [0.15, 0.2) is 11.5 Å². The topological polar surface area (TPSA) is 142 Å². The van der Waals surface area contributed by atoms with Crippen LogP contribution in [0.3, 0.4) is 0 Å². The SMILES string of the molecule is COc1cc(/C=N/NC(N)=O)ccc1Oc1ccc([N+](=O)[O-])cn1. The molecule has 0 fully saturated rings. The van der Waals surface area contributed by atoms with Crippen LogP contribution < -0.4 is 20.6 Å². The maximum atomic E-state index is 10.6. The second-order valence-corrected chi connectivity index (χ2v) is 4.36. The zero-order valence-corrected chi connectivity index (χ0v) is 12.5. The Morgan fingerprint density at radius 1 is 1.38 bits per heavy atom. The number of carbonyl (C=O) groups excluding carboxylic acids is 1. The Balaban J connectivity index is 2.16. The number of urea groups is 1. The Kier molecular flexibility index (Phi) is 5.24. The first kappa shape index (κ1) is 16.7. The fourth-order valence-electron chi connectivity index (χ4n) is 1.67. The summed E-state index contributed by atoms with van der Waals surface area (Å²) < 4.78 is 10.8. The van der Waals surface area contributed by atoms with Crippen molar-refractivity contribution in [3.8, 4) is 17.4 Å². The molecule has 10 nitrogen and oxygen atoms in total.